The summed E-state index contributed by atoms with van der Waals surface area (Å²) in [5.74, 6) is 0.240. The minimum Gasteiger partial charge on any atom is -0.384 e. The van der Waals surface area contributed by atoms with Gasteiger partial charge in [0, 0.05) is 52.4 Å². The van der Waals surface area contributed by atoms with Gasteiger partial charge in [-0.25, -0.2) is 0 Å². The number of hydrogen-bond acceptors (Lipinski definition) is 4. The minimum atomic E-state index is 0. The second-order valence-electron chi connectivity index (χ2n) is 4.81. The van der Waals surface area contributed by atoms with Gasteiger partial charge in [-0.2, -0.15) is 0 Å². The lowest BCUT2D eigenvalue weighted by Gasteiger charge is -2.32. The highest BCUT2D eigenvalue weighted by Crippen LogP contribution is 2.16. The van der Waals surface area contributed by atoms with E-state index in [0.29, 0.717) is 19.1 Å². The molecule has 0 saturated carbocycles. The number of carbonyl (C=O) groups is 1. The van der Waals surface area contributed by atoms with Crippen LogP contribution in [0.1, 0.15) is 12.8 Å². The summed E-state index contributed by atoms with van der Waals surface area (Å²) in [5.41, 5.74) is 0. The zero-order chi connectivity index (χ0) is 12.1. The number of amides is 1. The Kier molecular flexibility index (Phi) is 6.92. The van der Waals surface area contributed by atoms with Crippen molar-refractivity contribution in [2.24, 2.45) is 0 Å². The van der Waals surface area contributed by atoms with E-state index < -0.39 is 0 Å². The molecule has 0 aromatic heterocycles. The van der Waals surface area contributed by atoms with E-state index in [-0.39, 0.29) is 18.3 Å². The van der Waals surface area contributed by atoms with Crippen LogP contribution in [0.25, 0.3) is 0 Å². The van der Waals surface area contributed by atoms with Gasteiger partial charge in [-0.1, -0.05) is 0 Å². The van der Waals surface area contributed by atoms with E-state index in [0.717, 1.165) is 45.7 Å². The van der Waals surface area contributed by atoms with Crippen molar-refractivity contribution < 1.29 is 9.53 Å². The van der Waals surface area contributed by atoms with Crippen molar-refractivity contribution >= 4 is 18.3 Å². The van der Waals surface area contributed by atoms with Gasteiger partial charge in [0.25, 0.3) is 0 Å². The smallest absolute Gasteiger partial charge is 0.224 e. The van der Waals surface area contributed by atoms with E-state index in [2.05, 4.69) is 10.2 Å². The number of halogens is 1. The van der Waals surface area contributed by atoms with Crippen LogP contribution in [0.3, 0.4) is 0 Å². The van der Waals surface area contributed by atoms with Crippen molar-refractivity contribution in [3.63, 3.8) is 0 Å². The summed E-state index contributed by atoms with van der Waals surface area (Å²) in [4.78, 5) is 16.4. The van der Waals surface area contributed by atoms with Gasteiger partial charge in [0.15, 0.2) is 0 Å². The number of nitrogens with zero attached hydrogens (tertiary/aromatic N) is 2. The third kappa shape index (κ3) is 4.09. The molecular weight excluding hydrogens is 254 g/mol. The molecule has 5 nitrogen and oxygen atoms in total. The van der Waals surface area contributed by atoms with Crippen LogP contribution in [-0.2, 0) is 9.53 Å². The molecule has 2 aliphatic rings. The molecule has 106 valence electrons. The summed E-state index contributed by atoms with van der Waals surface area (Å²) < 4.78 is 4.95. The lowest BCUT2D eigenvalue weighted by atomic mass is 10.2. The van der Waals surface area contributed by atoms with Crippen LogP contribution in [0.4, 0.5) is 0 Å². The van der Waals surface area contributed by atoms with Gasteiger partial charge in [0.05, 0.1) is 13.0 Å². The van der Waals surface area contributed by atoms with Gasteiger partial charge in [-0.15, -0.1) is 12.4 Å². The number of rotatable bonds is 4. The quantitative estimate of drug-likeness (QED) is 0.783. The number of likely N-dealkylation sites (tertiary alicyclic amines) is 1. The molecule has 2 aliphatic heterocycles. The maximum atomic E-state index is 11.8. The highest BCUT2D eigenvalue weighted by atomic mass is 35.5. The average Bonchev–Trinajstić information content (AvgIpc) is 2.86. The summed E-state index contributed by atoms with van der Waals surface area (Å²) in [6.07, 6.45) is 1.64. The Morgan fingerprint density at radius 1 is 1.33 bits per heavy atom. The van der Waals surface area contributed by atoms with Crippen molar-refractivity contribution in [3.05, 3.63) is 0 Å². The number of hydrogen-bond donors (Lipinski definition) is 1. The number of carbonyl (C=O) groups excluding carboxylic acids is 1. The Morgan fingerprint density at radius 3 is 2.72 bits per heavy atom. The Morgan fingerprint density at radius 2 is 2.06 bits per heavy atom. The Labute approximate surface area is 115 Å². The zero-order valence-electron chi connectivity index (χ0n) is 11.1. The Balaban J connectivity index is 0.00000162. The summed E-state index contributed by atoms with van der Waals surface area (Å²) >= 11 is 0. The fourth-order valence-corrected chi connectivity index (χ4v) is 2.66. The highest BCUT2D eigenvalue weighted by Gasteiger charge is 2.30. The van der Waals surface area contributed by atoms with E-state index in [1.54, 1.807) is 7.11 Å². The molecule has 2 saturated heterocycles. The molecule has 0 spiro atoms. The van der Waals surface area contributed by atoms with E-state index in [1.165, 1.54) is 0 Å². The van der Waals surface area contributed by atoms with E-state index in [9.17, 15) is 4.79 Å². The van der Waals surface area contributed by atoms with Gasteiger partial charge >= 0.3 is 0 Å². The molecule has 6 heteroatoms. The van der Waals surface area contributed by atoms with Crippen LogP contribution in [0.15, 0.2) is 0 Å². The molecule has 0 bridgehead atoms. The summed E-state index contributed by atoms with van der Waals surface area (Å²) in [5, 5.41) is 3.36. The number of nitrogens with one attached hydrogen (secondary N) is 1. The van der Waals surface area contributed by atoms with Crippen molar-refractivity contribution in [3.8, 4) is 0 Å². The van der Waals surface area contributed by atoms with Gasteiger partial charge in [-0.3, -0.25) is 9.69 Å². The second kappa shape index (κ2) is 7.94. The molecule has 1 atom stereocenters. The molecule has 0 radical (unpaired) electrons. The second-order valence-corrected chi connectivity index (χ2v) is 4.81. The molecule has 2 heterocycles. The maximum Gasteiger partial charge on any atom is 0.224 e. The predicted octanol–water partition coefficient (Wildman–Crippen LogP) is -0.0492. The Hall–Kier alpha value is -0.360. The van der Waals surface area contributed by atoms with Crippen LogP contribution < -0.4 is 5.32 Å². The first-order valence-electron chi connectivity index (χ1n) is 6.52. The molecule has 18 heavy (non-hydrogen) atoms. The number of methoxy groups -OCH3 is 1. The molecular formula is C12H24ClN3O2. The van der Waals surface area contributed by atoms with Crippen LogP contribution >= 0.6 is 12.4 Å². The fraction of sp³-hybridized carbons (Fsp3) is 0.917. The van der Waals surface area contributed by atoms with Crippen molar-refractivity contribution in [2.45, 2.75) is 18.9 Å². The number of piperazine rings is 1. The lowest BCUT2D eigenvalue weighted by molar-refractivity contribution is -0.131. The van der Waals surface area contributed by atoms with Crippen LogP contribution in [0, 0.1) is 0 Å². The molecule has 0 aromatic carbocycles. The first-order chi connectivity index (χ1) is 8.31. The minimum absolute atomic E-state index is 0. The van der Waals surface area contributed by atoms with E-state index in [4.69, 9.17) is 4.74 Å². The highest BCUT2D eigenvalue weighted by molar-refractivity contribution is 5.85. The molecule has 1 unspecified atom stereocenters. The predicted molar refractivity (Wildman–Crippen MR) is 73.2 cm³/mol. The average molecular weight is 278 g/mol. The monoisotopic (exact) mass is 277 g/mol. The molecule has 1 amide bonds. The fourth-order valence-electron chi connectivity index (χ4n) is 2.66. The molecule has 0 aliphatic carbocycles. The van der Waals surface area contributed by atoms with Crippen LogP contribution in [0.2, 0.25) is 0 Å². The third-order valence-corrected chi connectivity index (χ3v) is 3.70. The van der Waals surface area contributed by atoms with Crippen molar-refractivity contribution in [1.82, 2.24) is 15.1 Å². The summed E-state index contributed by atoms with van der Waals surface area (Å²) in [6, 6.07) is 0.573. The standard InChI is InChI=1S/C12H23N3O2.ClH/c1-17-9-3-12(16)15-6-2-11(10-15)14-7-4-13-5-8-14;/h11,13H,2-10H2,1H3;1H. The topological polar surface area (TPSA) is 44.8 Å². The first kappa shape index (κ1) is 15.7. The van der Waals surface area contributed by atoms with Crippen LogP contribution in [0.5, 0.6) is 0 Å². The molecule has 1 N–H and O–H groups in total. The molecule has 2 fully saturated rings. The van der Waals surface area contributed by atoms with Crippen LogP contribution in [-0.4, -0.2) is 74.7 Å². The van der Waals surface area contributed by atoms with Gasteiger partial charge in [0.1, 0.15) is 0 Å². The lowest BCUT2D eigenvalue weighted by Crippen LogP contribution is -2.49. The summed E-state index contributed by atoms with van der Waals surface area (Å²) in [7, 11) is 1.64. The zero-order valence-corrected chi connectivity index (χ0v) is 11.9. The first-order valence-corrected chi connectivity index (χ1v) is 6.52. The van der Waals surface area contributed by atoms with Gasteiger partial charge in [-0.05, 0) is 6.42 Å². The number of ether oxygens (including phenoxy) is 1. The summed E-state index contributed by atoms with van der Waals surface area (Å²) in [6.45, 7) is 6.74. The normalized spacial score (nSPS) is 24.9. The molecule has 2 rings (SSSR count). The van der Waals surface area contributed by atoms with Gasteiger partial charge < -0.3 is 15.0 Å². The van der Waals surface area contributed by atoms with E-state index in [1.807, 2.05) is 4.90 Å². The van der Waals surface area contributed by atoms with E-state index >= 15 is 0 Å². The largest absolute Gasteiger partial charge is 0.384 e. The van der Waals surface area contributed by atoms with Gasteiger partial charge in [0.2, 0.25) is 5.91 Å². The Bertz CT molecular complexity index is 260. The maximum absolute atomic E-state index is 11.8. The van der Waals surface area contributed by atoms with Crippen molar-refractivity contribution in [1.29, 1.82) is 0 Å². The van der Waals surface area contributed by atoms with Crippen molar-refractivity contribution in [2.75, 3.05) is 53.0 Å². The third-order valence-electron chi connectivity index (χ3n) is 3.70. The molecule has 0 aromatic rings. The SMILES string of the molecule is COCCC(=O)N1CCC(N2CCNCC2)C1.Cl.